The van der Waals surface area contributed by atoms with E-state index in [4.69, 9.17) is 0 Å². The molecule has 2 aromatic heterocycles. The van der Waals surface area contributed by atoms with Crippen LogP contribution in [0.5, 0.6) is 0 Å². The molecule has 3 aromatic rings. The molecule has 12 heteroatoms. The van der Waals surface area contributed by atoms with Crippen LogP contribution < -0.4 is 5.32 Å². The highest BCUT2D eigenvalue weighted by Crippen LogP contribution is 2.28. The van der Waals surface area contributed by atoms with Gasteiger partial charge >= 0.3 is 6.18 Å². The zero-order valence-electron chi connectivity index (χ0n) is 15.7. The molecule has 0 aliphatic rings. The fourth-order valence-electron chi connectivity index (χ4n) is 2.62. The standard InChI is InChI=1S/C18H15F3N4O3S2/c1-10-16(17(26)24-11-4-3-5-13(6-11)30(2,27)28)14(29-25-10)7-12-8-22-9-15(23-12)18(19,20)21/h3-6,8-9H,7H2,1-2H3,(H,24,26). The van der Waals surface area contributed by atoms with Gasteiger partial charge in [-0.1, -0.05) is 6.07 Å². The van der Waals surface area contributed by atoms with Gasteiger partial charge < -0.3 is 5.32 Å². The molecule has 158 valence electrons. The van der Waals surface area contributed by atoms with E-state index in [1.54, 1.807) is 6.92 Å². The van der Waals surface area contributed by atoms with Crippen LogP contribution in [0.2, 0.25) is 0 Å². The van der Waals surface area contributed by atoms with Gasteiger partial charge in [-0.15, -0.1) is 0 Å². The number of hydrogen-bond acceptors (Lipinski definition) is 7. The van der Waals surface area contributed by atoms with E-state index in [2.05, 4.69) is 19.7 Å². The molecule has 0 fully saturated rings. The van der Waals surface area contributed by atoms with Crippen molar-refractivity contribution in [1.29, 1.82) is 0 Å². The predicted molar refractivity (Wildman–Crippen MR) is 104 cm³/mol. The summed E-state index contributed by atoms with van der Waals surface area (Å²) < 4.78 is 66.1. The number of carbonyl (C=O) groups is 1. The Balaban J connectivity index is 1.87. The average Bonchev–Trinajstić information content (AvgIpc) is 3.01. The molecule has 0 atom stereocenters. The van der Waals surface area contributed by atoms with Crippen LogP contribution in [0.25, 0.3) is 0 Å². The number of halogens is 3. The van der Waals surface area contributed by atoms with E-state index in [9.17, 15) is 26.4 Å². The molecule has 1 aromatic carbocycles. The van der Waals surface area contributed by atoms with Crippen molar-refractivity contribution in [2.24, 2.45) is 0 Å². The number of sulfone groups is 1. The van der Waals surface area contributed by atoms with E-state index in [-0.39, 0.29) is 28.3 Å². The summed E-state index contributed by atoms with van der Waals surface area (Å²) in [5, 5.41) is 2.61. The molecule has 0 aliphatic heterocycles. The third kappa shape index (κ3) is 5.00. The van der Waals surface area contributed by atoms with E-state index in [1.807, 2.05) is 0 Å². The SMILES string of the molecule is Cc1nsc(Cc2cncc(C(F)(F)F)n2)c1C(=O)Nc1cccc(S(C)(=O)=O)c1. The molecule has 0 unspecified atom stereocenters. The highest BCUT2D eigenvalue weighted by atomic mass is 32.2. The van der Waals surface area contributed by atoms with Crippen molar-refractivity contribution in [3.05, 3.63) is 64.2 Å². The first-order chi connectivity index (χ1) is 13.9. The Labute approximate surface area is 174 Å². The Morgan fingerprint density at radius 1 is 1.23 bits per heavy atom. The molecular formula is C18H15F3N4O3S2. The maximum Gasteiger partial charge on any atom is 0.434 e. The van der Waals surface area contributed by atoms with Gasteiger partial charge in [0.05, 0.1) is 28.0 Å². The Morgan fingerprint density at radius 3 is 2.63 bits per heavy atom. The number of nitrogens with zero attached hydrogens (tertiary/aromatic N) is 3. The molecule has 0 radical (unpaired) electrons. The molecule has 1 N–H and O–H groups in total. The Morgan fingerprint density at radius 2 is 1.97 bits per heavy atom. The highest BCUT2D eigenvalue weighted by Gasteiger charge is 2.33. The minimum Gasteiger partial charge on any atom is -0.322 e. The molecule has 0 spiro atoms. The fourth-order valence-corrected chi connectivity index (χ4v) is 4.17. The van der Waals surface area contributed by atoms with Crippen LogP contribution in [-0.4, -0.2) is 34.9 Å². The first-order valence-corrected chi connectivity index (χ1v) is 11.1. The average molecular weight is 456 g/mol. The number of anilines is 1. The number of aryl methyl sites for hydroxylation is 1. The van der Waals surface area contributed by atoms with Crippen molar-refractivity contribution in [2.75, 3.05) is 11.6 Å². The lowest BCUT2D eigenvalue weighted by Gasteiger charge is -2.09. The van der Waals surface area contributed by atoms with Crippen LogP contribution in [0.1, 0.15) is 32.3 Å². The summed E-state index contributed by atoms with van der Waals surface area (Å²) in [6.07, 6.45) is -1.81. The molecule has 0 saturated carbocycles. The predicted octanol–water partition coefficient (Wildman–Crippen LogP) is 3.51. The molecule has 0 aliphatic carbocycles. The number of carbonyl (C=O) groups excluding carboxylic acids is 1. The summed E-state index contributed by atoms with van der Waals surface area (Å²) in [7, 11) is -3.46. The second kappa shape index (κ2) is 8.11. The maximum absolute atomic E-state index is 12.9. The monoisotopic (exact) mass is 456 g/mol. The minimum absolute atomic E-state index is 0.0416. The number of aromatic nitrogens is 3. The normalized spacial score (nSPS) is 12.0. The molecule has 30 heavy (non-hydrogen) atoms. The van der Waals surface area contributed by atoms with Crippen LogP contribution in [0.15, 0.2) is 41.6 Å². The third-order valence-electron chi connectivity index (χ3n) is 4.00. The quantitative estimate of drug-likeness (QED) is 0.631. The zero-order chi connectivity index (χ0) is 22.1. The number of amides is 1. The summed E-state index contributed by atoms with van der Waals surface area (Å²) in [5.41, 5.74) is -0.222. The van der Waals surface area contributed by atoms with Gasteiger partial charge in [-0.05, 0) is 36.7 Å². The Kier molecular flexibility index (Phi) is 5.90. The lowest BCUT2D eigenvalue weighted by molar-refractivity contribution is -0.141. The van der Waals surface area contributed by atoms with Crippen molar-refractivity contribution in [3.63, 3.8) is 0 Å². The van der Waals surface area contributed by atoms with E-state index in [0.717, 1.165) is 17.8 Å². The largest absolute Gasteiger partial charge is 0.434 e. The van der Waals surface area contributed by atoms with Crippen LogP contribution in [0.4, 0.5) is 18.9 Å². The second-order valence-electron chi connectivity index (χ2n) is 6.39. The first kappa shape index (κ1) is 21.8. The zero-order valence-corrected chi connectivity index (χ0v) is 17.3. The molecular weight excluding hydrogens is 441 g/mol. The summed E-state index contributed by atoms with van der Waals surface area (Å²) >= 11 is 0.975. The fraction of sp³-hybridized carbons (Fsp3) is 0.222. The first-order valence-electron chi connectivity index (χ1n) is 8.40. The van der Waals surface area contributed by atoms with Crippen molar-refractivity contribution >= 4 is 33.0 Å². The van der Waals surface area contributed by atoms with E-state index >= 15 is 0 Å². The van der Waals surface area contributed by atoms with E-state index in [1.165, 1.54) is 30.5 Å². The van der Waals surface area contributed by atoms with Gasteiger partial charge in [0.2, 0.25) is 0 Å². The van der Waals surface area contributed by atoms with Crippen molar-refractivity contribution in [1.82, 2.24) is 14.3 Å². The number of rotatable bonds is 5. The number of nitrogens with one attached hydrogen (secondary N) is 1. The van der Waals surface area contributed by atoms with Crippen molar-refractivity contribution < 1.29 is 26.4 Å². The molecule has 1 amide bonds. The lowest BCUT2D eigenvalue weighted by Crippen LogP contribution is -2.15. The van der Waals surface area contributed by atoms with Crippen molar-refractivity contribution in [3.8, 4) is 0 Å². The molecule has 7 nitrogen and oxygen atoms in total. The van der Waals surface area contributed by atoms with Gasteiger partial charge in [-0.25, -0.2) is 13.4 Å². The van der Waals surface area contributed by atoms with Gasteiger partial charge in [0.25, 0.3) is 5.91 Å². The van der Waals surface area contributed by atoms with Gasteiger partial charge in [-0.2, -0.15) is 17.5 Å². The second-order valence-corrected chi connectivity index (χ2v) is 9.26. The van der Waals surface area contributed by atoms with E-state index in [0.29, 0.717) is 16.8 Å². The van der Waals surface area contributed by atoms with Gasteiger partial charge in [-0.3, -0.25) is 9.78 Å². The van der Waals surface area contributed by atoms with Gasteiger partial charge in [0.15, 0.2) is 15.5 Å². The summed E-state index contributed by atoms with van der Waals surface area (Å²) in [5.74, 6) is -0.554. The molecule has 0 saturated heterocycles. The summed E-state index contributed by atoms with van der Waals surface area (Å²) in [6.45, 7) is 1.60. The van der Waals surface area contributed by atoms with Gasteiger partial charge in [0.1, 0.15) is 0 Å². The number of alkyl halides is 3. The molecule has 0 bridgehead atoms. The van der Waals surface area contributed by atoms with Crippen LogP contribution in [0, 0.1) is 6.92 Å². The minimum atomic E-state index is -4.63. The van der Waals surface area contributed by atoms with Crippen LogP contribution in [0.3, 0.4) is 0 Å². The Bertz CT molecular complexity index is 1210. The Hall–Kier alpha value is -2.86. The third-order valence-corrected chi connectivity index (χ3v) is 6.04. The van der Waals surface area contributed by atoms with Crippen LogP contribution >= 0.6 is 11.5 Å². The molecule has 3 rings (SSSR count). The highest BCUT2D eigenvalue weighted by molar-refractivity contribution is 7.90. The van der Waals surface area contributed by atoms with Crippen LogP contribution in [-0.2, 0) is 22.4 Å². The topological polar surface area (TPSA) is 102 Å². The maximum atomic E-state index is 12.9. The lowest BCUT2D eigenvalue weighted by atomic mass is 10.1. The summed E-state index contributed by atoms with van der Waals surface area (Å²) in [4.78, 5) is 20.4. The number of benzene rings is 1. The summed E-state index contributed by atoms with van der Waals surface area (Å²) in [6, 6.07) is 5.74. The smallest absolute Gasteiger partial charge is 0.322 e. The van der Waals surface area contributed by atoms with Crippen molar-refractivity contribution in [2.45, 2.75) is 24.4 Å². The van der Waals surface area contributed by atoms with E-state index < -0.39 is 27.6 Å². The number of hydrogen-bond donors (Lipinski definition) is 1. The molecule has 2 heterocycles. The van der Waals surface area contributed by atoms with Gasteiger partial charge in [0, 0.05) is 29.4 Å².